The minimum Gasteiger partial charge on any atom is -0.288 e. The molecule has 0 aromatic rings. The van der Waals surface area contributed by atoms with Gasteiger partial charge >= 0.3 is 8.69 Å². The number of hydrogen-bond donors (Lipinski definition) is 0. The average Bonchev–Trinajstić information content (AvgIpc) is 2.17. The van der Waals surface area contributed by atoms with Crippen molar-refractivity contribution >= 4 is 8.69 Å². The molecule has 0 heterocycles. The molecule has 0 atom stereocenters. The Bertz CT molecular complexity index is 153. The molecule has 0 radical (unpaired) electrons. The lowest BCUT2D eigenvalue weighted by molar-refractivity contribution is 0.0325. The van der Waals surface area contributed by atoms with E-state index in [4.69, 9.17) is 4.52 Å². The smallest absolute Gasteiger partial charge is 0.288 e. The molecule has 2 nitrogen and oxygen atoms in total. The maximum Gasteiger partial charge on any atom is 0.327 e. The monoisotopic (exact) mass is 202 g/mol. The third kappa shape index (κ3) is 3.36. The van der Waals surface area contributed by atoms with Crippen LogP contribution in [0.15, 0.2) is 0 Å². The molecule has 0 aromatic carbocycles. The van der Waals surface area contributed by atoms with Crippen molar-refractivity contribution in [1.29, 1.82) is 0 Å². The molecule has 0 spiro atoms. The van der Waals surface area contributed by atoms with E-state index in [0.717, 1.165) is 19.3 Å². The first-order chi connectivity index (χ1) is 6.33. The van der Waals surface area contributed by atoms with Gasteiger partial charge in [-0.3, -0.25) is 4.52 Å². The van der Waals surface area contributed by atoms with Gasteiger partial charge in [0.25, 0.3) is 0 Å². The largest absolute Gasteiger partial charge is 0.327 e. The highest BCUT2D eigenvalue weighted by atomic mass is 31.1. The molecule has 1 rings (SSSR count). The van der Waals surface area contributed by atoms with Crippen LogP contribution in [0.5, 0.6) is 0 Å². The number of unbranched alkanes of at least 4 members (excludes halogenated alkanes) is 1. The molecule has 1 fully saturated rings. The average molecular weight is 202 g/mol. The summed E-state index contributed by atoms with van der Waals surface area (Å²) >= 11 is 0. The molecular weight excluding hydrogens is 183 g/mol. The van der Waals surface area contributed by atoms with E-state index in [1.54, 1.807) is 0 Å². The van der Waals surface area contributed by atoms with Crippen molar-refractivity contribution in [3.05, 3.63) is 0 Å². The van der Waals surface area contributed by atoms with Crippen LogP contribution in [0.4, 0.5) is 0 Å². The predicted octanol–water partition coefficient (Wildman–Crippen LogP) is 4.10. The maximum absolute atomic E-state index is 10.5. The van der Waals surface area contributed by atoms with Gasteiger partial charge in [-0.15, -0.1) is 0 Å². The van der Waals surface area contributed by atoms with Crippen molar-refractivity contribution < 1.29 is 9.09 Å². The van der Waals surface area contributed by atoms with Crippen LogP contribution in [0.2, 0.25) is 0 Å². The van der Waals surface area contributed by atoms with E-state index in [0.29, 0.717) is 0 Å². The molecule has 0 amide bonds. The van der Waals surface area contributed by atoms with Crippen molar-refractivity contribution in [2.45, 2.75) is 63.9 Å². The maximum atomic E-state index is 10.5. The highest BCUT2D eigenvalue weighted by Crippen LogP contribution is 2.38. The molecule has 0 N–H and O–H groups in total. The predicted molar refractivity (Wildman–Crippen MR) is 54.0 cm³/mol. The zero-order chi connectivity index (χ0) is 9.57. The molecule has 13 heavy (non-hydrogen) atoms. The SMILES string of the molecule is CCCCC1(OP=O)CCCCC1. The van der Waals surface area contributed by atoms with Crippen molar-refractivity contribution in [1.82, 2.24) is 0 Å². The summed E-state index contributed by atoms with van der Waals surface area (Å²) in [6.45, 7) is 2.19. The van der Waals surface area contributed by atoms with E-state index < -0.39 is 0 Å². The van der Waals surface area contributed by atoms with Crippen LogP contribution in [0.25, 0.3) is 0 Å². The normalized spacial score (nSPS) is 21.9. The zero-order valence-corrected chi connectivity index (χ0v) is 9.31. The minimum absolute atomic E-state index is 0.0441. The molecule has 0 unspecified atom stereocenters. The zero-order valence-electron chi connectivity index (χ0n) is 8.42. The molecule has 0 bridgehead atoms. The summed E-state index contributed by atoms with van der Waals surface area (Å²) in [5.74, 6) is 0. The van der Waals surface area contributed by atoms with Gasteiger partial charge < -0.3 is 0 Å². The molecule has 1 saturated carbocycles. The minimum atomic E-state index is -0.136. The van der Waals surface area contributed by atoms with Crippen LogP contribution in [-0.4, -0.2) is 5.60 Å². The van der Waals surface area contributed by atoms with Crippen LogP contribution in [0, 0.1) is 0 Å². The van der Waals surface area contributed by atoms with Crippen molar-refractivity contribution in [3.63, 3.8) is 0 Å². The Morgan fingerprint density at radius 2 is 2.00 bits per heavy atom. The van der Waals surface area contributed by atoms with Gasteiger partial charge in [0.2, 0.25) is 0 Å². The Hall–Kier alpha value is 0.0600. The van der Waals surface area contributed by atoms with Gasteiger partial charge in [-0.2, -0.15) is 0 Å². The molecule has 0 aromatic heterocycles. The summed E-state index contributed by atoms with van der Waals surface area (Å²) in [5.41, 5.74) is -0.0441. The van der Waals surface area contributed by atoms with Crippen LogP contribution in [0.3, 0.4) is 0 Å². The Morgan fingerprint density at radius 1 is 1.31 bits per heavy atom. The standard InChI is InChI=1S/C10H19O2P/c1-2-3-7-10(12-13-11)8-5-4-6-9-10/h2-9H2,1H3. The Morgan fingerprint density at radius 3 is 2.54 bits per heavy atom. The second kappa shape index (κ2) is 5.72. The van der Waals surface area contributed by atoms with Gasteiger partial charge in [-0.05, 0) is 19.3 Å². The van der Waals surface area contributed by atoms with Crippen LogP contribution in [-0.2, 0) is 9.09 Å². The first-order valence-electron chi connectivity index (χ1n) is 5.34. The Kier molecular flexibility index (Phi) is 4.90. The summed E-state index contributed by atoms with van der Waals surface area (Å²) < 4.78 is 15.9. The fraction of sp³-hybridized carbons (Fsp3) is 1.00. The van der Waals surface area contributed by atoms with Gasteiger partial charge in [-0.25, -0.2) is 4.57 Å². The van der Waals surface area contributed by atoms with Gasteiger partial charge in [0.05, 0.1) is 5.60 Å². The second-order valence-corrected chi connectivity index (χ2v) is 4.34. The lowest BCUT2D eigenvalue weighted by Gasteiger charge is -2.34. The van der Waals surface area contributed by atoms with Gasteiger partial charge in [0.15, 0.2) is 0 Å². The van der Waals surface area contributed by atoms with E-state index in [9.17, 15) is 4.57 Å². The van der Waals surface area contributed by atoms with E-state index in [1.807, 2.05) is 0 Å². The quantitative estimate of drug-likeness (QED) is 0.627. The van der Waals surface area contributed by atoms with Gasteiger partial charge in [-0.1, -0.05) is 39.0 Å². The van der Waals surface area contributed by atoms with Crippen molar-refractivity contribution in [2.75, 3.05) is 0 Å². The number of hydrogen-bond acceptors (Lipinski definition) is 2. The fourth-order valence-corrected chi connectivity index (χ4v) is 2.59. The van der Waals surface area contributed by atoms with Gasteiger partial charge in [0.1, 0.15) is 0 Å². The van der Waals surface area contributed by atoms with E-state index in [1.165, 1.54) is 32.1 Å². The van der Waals surface area contributed by atoms with Gasteiger partial charge in [0, 0.05) is 0 Å². The molecule has 1 aliphatic carbocycles. The van der Waals surface area contributed by atoms with Crippen molar-refractivity contribution in [2.24, 2.45) is 0 Å². The summed E-state index contributed by atoms with van der Waals surface area (Å²) in [5, 5.41) is 0. The first kappa shape index (κ1) is 11.1. The second-order valence-electron chi connectivity index (χ2n) is 4.01. The lowest BCUT2D eigenvalue weighted by Crippen LogP contribution is -2.32. The van der Waals surface area contributed by atoms with Crippen LogP contribution < -0.4 is 0 Å². The fourth-order valence-electron chi connectivity index (χ4n) is 2.16. The van der Waals surface area contributed by atoms with E-state index >= 15 is 0 Å². The number of rotatable bonds is 5. The topological polar surface area (TPSA) is 26.3 Å². The Labute approximate surface area is 82.3 Å². The summed E-state index contributed by atoms with van der Waals surface area (Å²) in [6, 6.07) is 0. The third-order valence-electron chi connectivity index (χ3n) is 2.98. The third-order valence-corrected chi connectivity index (χ3v) is 3.44. The van der Waals surface area contributed by atoms with Crippen LogP contribution in [0.1, 0.15) is 58.3 Å². The molecule has 3 heteroatoms. The summed E-state index contributed by atoms with van der Waals surface area (Å²) in [7, 11) is -0.136. The van der Waals surface area contributed by atoms with E-state index in [-0.39, 0.29) is 14.3 Å². The first-order valence-corrected chi connectivity index (χ1v) is 6.07. The highest BCUT2D eigenvalue weighted by molar-refractivity contribution is 7.17. The van der Waals surface area contributed by atoms with Crippen LogP contribution >= 0.6 is 8.69 Å². The molecular formula is C10H19O2P. The lowest BCUT2D eigenvalue weighted by atomic mass is 9.81. The molecule has 76 valence electrons. The molecule has 1 aliphatic rings. The Balaban J connectivity index is 2.45. The van der Waals surface area contributed by atoms with Crippen molar-refractivity contribution in [3.8, 4) is 0 Å². The van der Waals surface area contributed by atoms with E-state index in [2.05, 4.69) is 6.92 Å². The summed E-state index contributed by atoms with van der Waals surface area (Å²) in [6.07, 6.45) is 9.45. The highest BCUT2D eigenvalue weighted by Gasteiger charge is 2.32. The molecule has 0 saturated heterocycles. The summed E-state index contributed by atoms with van der Waals surface area (Å²) in [4.78, 5) is 0. The molecule has 0 aliphatic heterocycles.